The fourth-order valence-electron chi connectivity index (χ4n) is 4.05. The summed E-state index contributed by atoms with van der Waals surface area (Å²) >= 11 is 0. The van der Waals surface area contributed by atoms with Crippen molar-refractivity contribution in [1.82, 2.24) is 29.9 Å². The number of halogens is 3. The third-order valence-electron chi connectivity index (χ3n) is 5.84. The van der Waals surface area contributed by atoms with Crippen molar-refractivity contribution >= 4 is 5.91 Å². The van der Waals surface area contributed by atoms with Gasteiger partial charge < -0.3 is 5.32 Å². The zero-order valence-corrected chi connectivity index (χ0v) is 16.9. The van der Waals surface area contributed by atoms with Crippen molar-refractivity contribution in [1.29, 1.82) is 0 Å². The summed E-state index contributed by atoms with van der Waals surface area (Å²) < 4.78 is 41.5. The van der Waals surface area contributed by atoms with Gasteiger partial charge in [-0.2, -0.15) is 23.4 Å². The van der Waals surface area contributed by atoms with Crippen molar-refractivity contribution in [2.24, 2.45) is 7.05 Å². The number of carbonyl (C=O) groups excluding carboxylic acids is 1. The van der Waals surface area contributed by atoms with E-state index in [0.717, 1.165) is 59.1 Å². The lowest BCUT2D eigenvalue weighted by molar-refractivity contribution is -0.141. The highest BCUT2D eigenvalue weighted by Crippen LogP contribution is 2.39. The van der Waals surface area contributed by atoms with Gasteiger partial charge in [-0.15, -0.1) is 0 Å². The molecule has 0 aliphatic heterocycles. The van der Waals surface area contributed by atoms with Gasteiger partial charge in [0, 0.05) is 42.7 Å². The quantitative estimate of drug-likeness (QED) is 0.685. The summed E-state index contributed by atoms with van der Waals surface area (Å²) in [5.41, 5.74) is 2.55. The summed E-state index contributed by atoms with van der Waals surface area (Å²) in [5, 5.41) is 11.0. The van der Waals surface area contributed by atoms with Gasteiger partial charge in [0.05, 0.1) is 17.4 Å². The minimum absolute atomic E-state index is 0.130. The van der Waals surface area contributed by atoms with Crippen molar-refractivity contribution < 1.29 is 18.0 Å². The number of hydrogen-bond donors (Lipinski definition) is 1. The van der Waals surface area contributed by atoms with Gasteiger partial charge in [0.25, 0.3) is 5.91 Å². The summed E-state index contributed by atoms with van der Waals surface area (Å²) in [4.78, 5) is 17.2. The van der Waals surface area contributed by atoms with Crippen LogP contribution >= 0.6 is 0 Å². The van der Waals surface area contributed by atoms with Crippen LogP contribution in [0.3, 0.4) is 0 Å². The average Bonchev–Trinajstić information content (AvgIpc) is 3.35. The lowest BCUT2D eigenvalue weighted by atomic mass is 9.93. The number of nitrogens with one attached hydrogen (secondary N) is 1. The summed E-state index contributed by atoms with van der Waals surface area (Å²) in [6.07, 6.45) is 3.71. The maximum Gasteiger partial charge on any atom is 0.435 e. The number of fused-ring (bicyclic) bond motifs is 1. The molecule has 1 atom stereocenters. The zero-order chi connectivity index (χ0) is 21.8. The highest BCUT2D eigenvalue weighted by Gasteiger charge is 2.36. The normalized spacial score (nSPS) is 18.6. The number of aromatic nitrogens is 5. The average molecular weight is 430 g/mol. The van der Waals surface area contributed by atoms with Gasteiger partial charge in [-0.25, -0.2) is 4.68 Å². The molecule has 3 heterocycles. The fourth-order valence-corrected chi connectivity index (χ4v) is 4.05. The van der Waals surface area contributed by atoms with Gasteiger partial charge in [-0.3, -0.25) is 14.5 Å². The van der Waals surface area contributed by atoms with Crippen LogP contribution in [0.5, 0.6) is 0 Å². The SMILES string of the molecule is Cn1nc(C(F)(F)F)cc1C(=O)N[C@@H]1CCCc2nn(-c3ccnc(C4CC4)c3)cc21. The maximum absolute atomic E-state index is 12.9. The molecule has 0 radical (unpaired) electrons. The van der Waals surface area contributed by atoms with Crippen LogP contribution in [0.2, 0.25) is 0 Å². The van der Waals surface area contributed by atoms with Crippen LogP contribution in [0, 0.1) is 0 Å². The van der Waals surface area contributed by atoms with E-state index in [1.807, 2.05) is 18.3 Å². The summed E-state index contributed by atoms with van der Waals surface area (Å²) in [6, 6.07) is 4.39. The van der Waals surface area contributed by atoms with E-state index >= 15 is 0 Å². The molecule has 1 fully saturated rings. The molecular weight excluding hydrogens is 409 g/mol. The maximum atomic E-state index is 12.9. The monoisotopic (exact) mass is 430 g/mol. The van der Waals surface area contributed by atoms with Crippen molar-refractivity contribution in [3.8, 4) is 5.69 Å². The molecule has 0 aromatic carbocycles. The Morgan fingerprint density at radius 2 is 2.00 bits per heavy atom. The first kappa shape index (κ1) is 19.8. The molecule has 10 heteroatoms. The summed E-state index contributed by atoms with van der Waals surface area (Å²) in [7, 11) is 1.33. The molecule has 0 spiro atoms. The Bertz CT molecular complexity index is 1140. The number of amides is 1. The highest BCUT2D eigenvalue weighted by molar-refractivity contribution is 5.93. The Hall–Kier alpha value is -3.17. The Kier molecular flexibility index (Phi) is 4.60. The van der Waals surface area contributed by atoms with E-state index < -0.39 is 17.8 Å². The minimum Gasteiger partial charge on any atom is -0.344 e. The first-order chi connectivity index (χ1) is 14.8. The molecule has 1 N–H and O–H groups in total. The van der Waals surface area contributed by atoms with Crippen LogP contribution in [-0.4, -0.2) is 30.5 Å². The van der Waals surface area contributed by atoms with Gasteiger partial charge >= 0.3 is 6.18 Å². The number of hydrogen-bond acceptors (Lipinski definition) is 4. The molecule has 1 saturated carbocycles. The van der Waals surface area contributed by atoms with Crippen molar-refractivity contribution in [3.63, 3.8) is 0 Å². The molecule has 5 rings (SSSR count). The lowest BCUT2D eigenvalue weighted by Crippen LogP contribution is -2.31. The molecule has 3 aromatic heterocycles. The van der Waals surface area contributed by atoms with Crippen molar-refractivity contribution in [3.05, 3.63) is 58.9 Å². The molecule has 0 saturated heterocycles. The van der Waals surface area contributed by atoms with Gasteiger partial charge in [-0.05, 0) is 44.2 Å². The van der Waals surface area contributed by atoms with Crippen LogP contribution < -0.4 is 5.32 Å². The second kappa shape index (κ2) is 7.21. The van der Waals surface area contributed by atoms with E-state index in [9.17, 15) is 18.0 Å². The minimum atomic E-state index is -4.60. The molecule has 31 heavy (non-hydrogen) atoms. The molecule has 162 valence electrons. The Labute approximate surface area is 176 Å². The predicted octanol–water partition coefficient (Wildman–Crippen LogP) is 3.70. The van der Waals surface area contributed by atoms with Crippen LogP contribution in [0.1, 0.15) is 70.8 Å². The van der Waals surface area contributed by atoms with Gasteiger partial charge in [0.2, 0.25) is 0 Å². The number of carbonyl (C=O) groups is 1. The van der Waals surface area contributed by atoms with Gasteiger partial charge in [0.1, 0.15) is 5.69 Å². The fraction of sp³-hybridized carbons (Fsp3) is 0.429. The molecular formula is C21H21F3N6O. The first-order valence-corrected chi connectivity index (χ1v) is 10.3. The number of nitrogens with zero attached hydrogens (tertiary/aromatic N) is 5. The second-order valence-corrected chi connectivity index (χ2v) is 8.14. The Morgan fingerprint density at radius 3 is 2.71 bits per heavy atom. The third kappa shape index (κ3) is 3.82. The number of pyridine rings is 1. The summed E-state index contributed by atoms with van der Waals surface area (Å²) in [6.45, 7) is 0. The lowest BCUT2D eigenvalue weighted by Gasteiger charge is -2.22. The highest BCUT2D eigenvalue weighted by atomic mass is 19.4. The Balaban J connectivity index is 1.39. The van der Waals surface area contributed by atoms with Crippen LogP contribution in [0.4, 0.5) is 13.2 Å². The number of alkyl halides is 3. The Morgan fingerprint density at radius 1 is 1.19 bits per heavy atom. The zero-order valence-electron chi connectivity index (χ0n) is 16.9. The van der Waals surface area contributed by atoms with E-state index in [2.05, 4.69) is 15.4 Å². The van der Waals surface area contributed by atoms with E-state index in [0.29, 0.717) is 12.3 Å². The van der Waals surface area contributed by atoms with E-state index in [4.69, 9.17) is 5.10 Å². The molecule has 2 aliphatic carbocycles. The van der Waals surface area contributed by atoms with Crippen LogP contribution in [0.15, 0.2) is 30.6 Å². The van der Waals surface area contributed by atoms with Gasteiger partial charge in [0.15, 0.2) is 5.69 Å². The third-order valence-corrected chi connectivity index (χ3v) is 5.84. The van der Waals surface area contributed by atoms with E-state index in [1.165, 1.54) is 7.05 Å². The van der Waals surface area contributed by atoms with Crippen LogP contribution in [0.25, 0.3) is 5.69 Å². The number of aryl methyl sites for hydroxylation is 2. The smallest absolute Gasteiger partial charge is 0.344 e. The molecule has 2 aliphatic rings. The van der Waals surface area contributed by atoms with Crippen LogP contribution in [-0.2, 0) is 19.6 Å². The predicted molar refractivity (Wildman–Crippen MR) is 105 cm³/mol. The first-order valence-electron chi connectivity index (χ1n) is 10.3. The largest absolute Gasteiger partial charge is 0.435 e. The van der Waals surface area contributed by atoms with E-state index in [1.54, 1.807) is 10.9 Å². The van der Waals surface area contributed by atoms with Crippen molar-refractivity contribution in [2.75, 3.05) is 0 Å². The molecule has 1 amide bonds. The number of rotatable bonds is 4. The molecule has 7 nitrogen and oxygen atoms in total. The molecule has 0 bridgehead atoms. The molecule has 3 aromatic rings. The van der Waals surface area contributed by atoms with E-state index in [-0.39, 0.29) is 11.7 Å². The van der Waals surface area contributed by atoms with Gasteiger partial charge in [-0.1, -0.05) is 0 Å². The second-order valence-electron chi connectivity index (χ2n) is 8.14. The standard InChI is InChI=1S/C21H21F3N6O/c1-29-18(10-19(28-29)21(22,23)24)20(31)26-15-3-2-4-16-14(15)11-30(27-16)13-7-8-25-17(9-13)12-5-6-12/h7-12,15H,2-6H2,1H3,(H,26,31)/t15-/m1/s1. The van der Waals surface area contributed by atoms with Crippen molar-refractivity contribution in [2.45, 2.75) is 50.2 Å². The summed E-state index contributed by atoms with van der Waals surface area (Å²) in [5.74, 6) is -0.0614. The topological polar surface area (TPSA) is 77.6 Å². The molecule has 0 unspecified atom stereocenters.